The fraction of sp³-hybridized carbons (Fsp3) is 0. The van der Waals surface area contributed by atoms with Crippen LogP contribution in [0.15, 0.2) is 211 Å². The first kappa shape index (κ1) is 34.6. The molecule has 302 valence electrons. The van der Waals surface area contributed by atoms with Crippen LogP contribution in [0.5, 0.6) is 0 Å². The van der Waals surface area contributed by atoms with Crippen molar-refractivity contribution in [1.29, 1.82) is 0 Å². The van der Waals surface area contributed by atoms with Crippen LogP contribution >= 0.6 is 0 Å². The van der Waals surface area contributed by atoms with Gasteiger partial charge in [0, 0.05) is 66.9 Å². The number of pyridine rings is 2. The molecule has 0 fully saturated rings. The molecule has 7 heterocycles. The number of hydrogen-bond acceptors (Lipinski definition) is 3. The summed E-state index contributed by atoms with van der Waals surface area (Å²) >= 11 is 0. The summed E-state index contributed by atoms with van der Waals surface area (Å²) in [6.07, 6.45) is 3.69. The normalized spacial score (nSPS) is 12.3. The monoisotopic (exact) mass is 830 g/mol. The van der Waals surface area contributed by atoms with E-state index < -0.39 is 0 Å². The first-order valence-corrected chi connectivity index (χ1v) is 22.0. The summed E-state index contributed by atoms with van der Waals surface area (Å²) in [5.41, 5.74) is 16.0. The Morgan fingerprint density at radius 2 is 0.769 bits per heavy atom. The summed E-state index contributed by atoms with van der Waals surface area (Å²) in [6, 6.07) is 70.2. The largest absolute Gasteiger partial charge is 0.450 e. The van der Waals surface area contributed by atoms with Gasteiger partial charge in [0.25, 0.3) is 0 Å². The molecule has 0 saturated carbocycles. The Morgan fingerprint density at radius 3 is 1.32 bits per heavy atom. The minimum Gasteiger partial charge on any atom is -0.450 e. The molecule has 7 heteroatoms. The minimum absolute atomic E-state index is 0.686. The Labute approximate surface area is 369 Å². The van der Waals surface area contributed by atoms with E-state index in [-0.39, 0.29) is 0 Å². The number of fused-ring (bicyclic) bond motifs is 15. The van der Waals surface area contributed by atoms with Crippen molar-refractivity contribution in [2.45, 2.75) is 0 Å². The number of para-hydroxylation sites is 6. The predicted molar refractivity (Wildman–Crippen MR) is 267 cm³/mol. The van der Waals surface area contributed by atoms with E-state index in [1.54, 1.807) is 6.20 Å². The van der Waals surface area contributed by atoms with E-state index in [9.17, 15) is 0 Å². The third-order valence-corrected chi connectivity index (χ3v) is 13.6. The van der Waals surface area contributed by atoms with Crippen LogP contribution in [-0.2, 0) is 0 Å². The van der Waals surface area contributed by atoms with Gasteiger partial charge in [0.2, 0.25) is 0 Å². The van der Waals surface area contributed by atoms with Crippen molar-refractivity contribution in [3.8, 4) is 22.7 Å². The average Bonchev–Trinajstić information content (AvgIpc) is 4.17. The van der Waals surface area contributed by atoms with Gasteiger partial charge in [-0.15, -0.1) is 0 Å². The fourth-order valence-electron chi connectivity index (χ4n) is 11.0. The van der Waals surface area contributed by atoms with Crippen LogP contribution in [0.2, 0.25) is 0 Å². The van der Waals surface area contributed by atoms with Gasteiger partial charge in [-0.2, -0.15) is 0 Å². The van der Waals surface area contributed by atoms with Crippen LogP contribution < -0.4 is 0 Å². The van der Waals surface area contributed by atoms with Crippen LogP contribution in [0, 0.1) is 0 Å². The van der Waals surface area contributed by atoms with Gasteiger partial charge in [-0.05, 0) is 84.9 Å². The molecular weight excluding hydrogens is 797 g/mol. The Kier molecular flexibility index (Phi) is 6.83. The lowest BCUT2D eigenvalue weighted by atomic mass is 10.1. The molecule has 0 bridgehead atoms. The second-order valence-electron chi connectivity index (χ2n) is 17.0. The van der Waals surface area contributed by atoms with E-state index in [2.05, 4.69) is 200 Å². The van der Waals surface area contributed by atoms with Crippen molar-refractivity contribution in [3.63, 3.8) is 0 Å². The Hall–Kier alpha value is -8.94. The smallest absolute Gasteiger partial charge is 0.179 e. The molecule has 0 unspecified atom stereocenters. The minimum atomic E-state index is 0.686. The maximum atomic E-state index is 6.77. The van der Waals surface area contributed by atoms with E-state index in [1.165, 1.54) is 43.4 Å². The molecule has 0 atom stereocenters. The Bertz CT molecular complexity index is 4340. The average molecular weight is 831 g/mol. The molecule has 0 amide bonds. The van der Waals surface area contributed by atoms with Crippen molar-refractivity contribution in [3.05, 3.63) is 207 Å². The van der Waals surface area contributed by atoms with Crippen molar-refractivity contribution in [1.82, 2.24) is 28.2 Å². The van der Waals surface area contributed by atoms with Gasteiger partial charge < -0.3 is 22.7 Å². The summed E-state index contributed by atoms with van der Waals surface area (Å²) in [6.45, 7) is 0. The van der Waals surface area contributed by atoms with Crippen LogP contribution in [0.25, 0.3) is 132 Å². The molecule has 65 heavy (non-hydrogen) atoms. The third kappa shape index (κ3) is 4.63. The molecule has 0 saturated heterocycles. The fourth-order valence-corrected chi connectivity index (χ4v) is 11.0. The van der Waals surface area contributed by atoms with Crippen molar-refractivity contribution in [2.75, 3.05) is 0 Å². The molecule has 8 aromatic carbocycles. The Balaban J connectivity index is 1.17. The Morgan fingerprint density at radius 1 is 0.308 bits per heavy atom. The van der Waals surface area contributed by atoms with Crippen LogP contribution in [0.3, 0.4) is 0 Å². The molecule has 0 aliphatic rings. The second kappa shape index (κ2) is 12.8. The molecule has 0 N–H and O–H groups in total. The number of furan rings is 1. The van der Waals surface area contributed by atoms with E-state index in [0.717, 1.165) is 77.7 Å². The van der Waals surface area contributed by atoms with E-state index in [1.807, 2.05) is 18.3 Å². The highest BCUT2D eigenvalue weighted by Gasteiger charge is 2.26. The van der Waals surface area contributed by atoms with Crippen molar-refractivity contribution < 1.29 is 4.42 Å². The van der Waals surface area contributed by atoms with Gasteiger partial charge in [-0.3, -0.25) is 9.97 Å². The molecule has 7 aromatic heterocycles. The highest BCUT2D eigenvalue weighted by Crippen LogP contribution is 2.45. The maximum Gasteiger partial charge on any atom is 0.179 e. The summed E-state index contributed by atoms with van der Waals surface area (Å²) in [7, 11) is 0. The lowest BCUT2D eigenvalue weighted by Crippen LogP contribution is -2.03. The van der Waals surface area contributed by atoms with E-state index in [4.69, 9.17) is 14.4 Å². The van der Waals surface area contributed by atoms with Crippen LogP contribution in [-0.4, -0.2) is 28.2 Å². The van der Waals surface area contributed by atoms with Crippen LogP contribution in [0.1, 0.15) is 0 Å². The lowest BCUT2D eigenvalue weighted by Gasteiger charge is -2.17. The molecular formula is C58H34N6O. The number of nitrogens with zero attached hydrogens (tertiary/aromatic N) is 6. The quantitative estimate of drug-likeness (QED) is 0.177. The number of rotatable bonds is 4. The first-order chi connectivity index (χ1) is 32.3. The third-order valence-electron chi connectivity index (χ3n) is 13.6. The van der Waals surface area contributed by atoms with E-state index in [0.29, 0.717) is 11.2 Å². The van der Waals surface area contributed by atoms with E-state index >= 15 is 0 Å². The van der Waals surface area contributed by atoms with Gasteiger partial charge in [0.05, 0.1) is 55.5 Å². The van der Waals surface area contributed by atoms with Gasteiger partial charge in [0.15, 0.2) is 11.2 Å². The zero-order chi connectivity index (χ0) is 42.3. The molecule has 0 spiro atoms. The predicted octanol–water partition coefficient (Wildman–Crippen LogP) is 14.8. The number of benzene rings is 8. The molecule has 7 nitrogen and oxygen atoms in total. The lowest BCUT2D eigenvalue weighted by molar-refractivity contribution is 0.665. The zero-order valence-electron chi connectivity index (χ0n) is 34.7. The summed E-state index contributed by atoms with van der Waals surface area (Å²) in [4.78, 5) is 9.63. The van der Waals surface area contributed by atoms with Crippen molar-refractivity contribution >= 4 is 109 Å². The van der Waals surface area contributed by atoms with Crippen LogP contribution in [0.4, 0.5) is 0 Å². The molecule has 0 radical (unpaired) electrons. The zero-order valence-corrected chi connectivity index (χ0v) is 34.7. The molecule has 0 aliphatic heterocycles. The standard InChI is InChI=1S/C58H34N6O/c1-7-20-45-37(14-1)38-15-2-8-21-46(38)61(45)35-27-28-51-43(32-35)44-33-36(62-47-22-9-3-16-39(47)40-17-4-10-23-48(40)62)34-53(63-49-24-11-5-18-41(49)42-19-6-12-25-50(42)63)57(44)64(51)52-29-31-60-56-55-54(65-58(52)56)26-13-30-59-55/h1-34H. The summed E-state index contributed by atoms with van der Waals surface area (Å²) < 4.78 is 16.5. The highest BCUT2D eigenvalue weighted by molar-refractivity contribution is 6.18. The van der Waals surface area contributed by atoms with Gasteiger partial charge >= 0.3 is 0 Å². The maximum absolute atomic E-state index is 6.77. The van der Waals surface area contributed by atoms with Gasteiger partial charge in [-0.1, -0.05) is 109 Å². The SMILES string of the molecule is c1cnc2c(c1)oc1c(-n3c4ccc(-n5c6ccccc6c6ccccc65)cc4c4cc(-n5c6ccccc6c6ccccc65)cc(-n5c6ccccc6c6ccccc65)c43)ccnc12. The van der Waals surface area contributed by atoms with Gasteiger partial charge in [0.1, 0.15) is 11.0 Å². The molecule has 15 rings (SSSR count). The number of aromatic nitrogens is 6. The van der Waals surface area contributed by atoms with Crippen molar-refractivity contribution in [2.24, 2.45) is 0 Å². The first-order valence-electron chi connectivity index (χ1n) is 22.0. The second-order valence-corrected chi connectivity index (χ2v) is 17.0. The summed E-state index contributed by atoms with van der Waals surface area (Å²) in [5.74, 6) is 0. The molecule has 0 aliphatic carbocycles. The summed E-state index contributed by atoms with van der Waals surface area (Å²) in [5, 5.41) is 9.51. The molecule has 15 aromatic rings. The topological polar surface area (TPSA) is 58.6 Å². The highest BCUT2D eigenvalue weighted by atomic mass is 16.3. The number of hydrogen-bond donors (Lipinski definition) is 0. The van der Waals surface area contributed by atoms with Gasteiger partial charge in [-0.25, -0.2) is 0 Å².